The highest BCUT2D eigenvalue weighted by Crippen LogP contribution is 2.32. The highest BCUT2D eigenvalue weighted by atomic mass is 16.2. The second-order valence-electron chi connectivity index (χ2n) is 9.92. The van der Waals surface area contributed by atoms with Crippen molar-refractivity contribution < 1.29 is 4.79 Å². The number of nitrogens with one attached hydrogen (secondary N) is 1. The molecule has 0 bridgehead atoms. The van der Waals surface area contributed by atoms with Gasteiger partial charge >= 0.3 is 0 Å². The molecule has 0 radical (unpaired) electrons. The Bertz CT molecular complexity index is 998. The molecule has 7 nitrogen and oxygen atoms in total. The van der Waals surface area contributed by atoms with Crippen molar-refractivity contribution in [1.29, 1.82) is 5.41 Å². The number of nitrogen functional groups attached to an aromatic ring is 1. The highest BCUT2D eigenvalue weighted by molar-refractivity contribution is 5.98. The number of fused-ring (bicyclic) bond motifs is 1. The first kappa shape index (κ1) is 24.3. The van der Waals surface area contributed by atoms with Crippen LogP contribution in [-0.4, -0.2) is 51.8 Å². The van der Waals surface area contributed by atoms with E-state index in [4.69, 9.17) is 11.1 Å². The molecule has 4 rings (SSSR count). The minimum absolute atomic E-state index is 0.0843. The van der Waals surface area contributed by atoms with Gasteiger partial charge in [0.2, 0.25) is 5.91 Å². The van der Waals surface area contributed by atoms with Crippen LogP contribution in [0.1, 0.15) is 69.5 Å². The largest absolute Gasteiger partial charge is 0.382 e. The number of hydrogen-bond acceptors (Lipinski definition) is 5. The lowest BCUT2D eigenvalue weighted by atomic mass is 9.88. The number of nitrogens with two attached hydrogens (primary N) is 1. The van der Waals surface area contributed by atoms with Gasteiger partial charge in [-0.25, -0.2) is 9.97 Å². The number of unbranched alkanes of at least 4 members (excludes halogenated alkanes) is 2. The van der Waals surface area contributed by atoms with Crippen LogP contribution < -0.4 is 10.6 Å². The second-order valence-corrected chi connectivity index (χ2v) is 9.92. The summed E-state index contributed by atoms with van der Waals surface area (Å²) in [5.74, 6) is 0.426. The van der Waals surface area contributed by atoms with E-state index < -0.39 is 0 Å². The number of amidine groups is 1. The molecule has 3 N–H and O–H groups in total. The van der Waals surface area contributed by atoms with Crippen LogP contribution in [0.25, 0.3) is 0 Å². The minimum Gasteiger partial charge on any atom is -0.382 e. The maximum atomic E-state index is 13.5. The van der Waals surface area contributed by atoms with Crippen molar-refractivity contribution in [1.82, 2.24) is 14.9 Å². The summed E-state index contributed by atoms with van der Waals surface area (Å²) in [6.07, 6.45) is 10.0. The fourth-order valence-electron chi connectivity index (χ4n) is 5.55. The predicted molar refractivity (Wildman–Crippen MR) is 136 cm³/mol. The van der Waals surface area contributed by atoms with Crippen LogP contribution in [0.5, 0.6) is 0 Å². The number of carbonyl (C=O) groups is 1. The van der Waals surface area contributed by atoms with Crippen LogP contribution >= 0.6 is 0 Å². The molecule has 1 aromatic heterocycles. The number of hydrogen-bond donors (Lipinski definition) is 2. The quantitative estimate of drug-likeness (QED) is 0.334. The molecule has 34 heavy (non-hydrogen) atoms. The maximum absolute atomic E-state index is 13.5. The molecule has 1 unspecified atom stereocenters. The minimum atomic E-state index is -0.202. The molecule has 2 aliphatic rings. The normalized spacial score (nSPS) is 23.1. The lowest BCUT2D eigenvalue weighted by Gasteiger charge is -2.39. The standard InChI is InChI=1S/C27H38N6O/c1-19-9-8-10-20(2)32(19)15-6-3-7-16-33-24-12-5-4-11-21(24)17-22(27(33)34)18-25-30-14-13-23(31-25)26(28)29/h4-5,11-14,19-20,22H,3,6-10,15-18H2,1-2H3,(H3,28,29)/t19-,20+,22?. The van der Waals surface area contributed by atoms with Crippen molar-refractivity contribution in [3.63, 3.8) is 0 Å². The SMILES string of the molecule is C[C@@H]1CCC[C@H](C)N1CCCCCN1C(=O)C(Cc2nccc(C(=N)N)n2)Cc2ccccc21. The molecule has 1 aromatic carbocycles. The van der Waals surface area contributed by atoms with Gasteiger partial charge in [-0.15, -0.1) is 0 Å². The summed E-state index contributed by atoms with van der Waals surface area (Å²) in [5.41, 5.74) is 8.23. The zero-order valence-electron chi connectivity index (χ0n) is 20.5. The molecular formula is C27H38N6O. The summed E-state index contributed by atoms with van der Waals surface area (Å²) in [6, 6.07) is 11.2. The van der Waals surface area contributed by atoms with E-state index in [1.807, 2.05) is 17.0 Å². The van der Waals surface area contributed by atoms with E-state index in [9.17, 15) is 4.79 Å². The summed E-state index contributed by atoms with van der Waals surface area (Å²) in [6.45, 7) is 6.61. The average Bonchev–Trinajstić information content (AvgIpc) is 2.82. The second kappa shape index (κ2) is 11.1. The summed E-state index contributed by atoms with van der Waals surface area (Å²) in [4.78, 5) is 26.9. The first-order valence-electron chi connectivity index (χ1n) is 12.8. The van der Waals surface area contributed by atoms with E-state index in [1.54, 1.807) is 12.3 Å². The first-order valence-corrected chi connectivity index (χ1v) is 12.8. The third-order valence-electron chi connectivity index (χ3n) is 7.45. The van der Waals surface area contributed by atoms with Gasteiger partial charge in [0.25, 0.3) is 0 Å². The zero-order chi connectivity index (χ0) is 24.1. The van der Waals surface area contributed by atoms with E-state index in [-0.39, 0.29) is 17.7 Å². The van der Waals surface area contributed by atoms with Gasteiger partial charge in [0.15, 0.2) is 0 Å². The van der Waals surface area contributed by atoms with Gasteiger partial charge in [-0.1, -0.05) is 31.0 Å². The third-order valence-corrected chi connectivity index (χ3v) is 7.45. The number of piperidine rings is 1. The fraction of sp³-hybridized carbons (Fsp3) is 0.556. The number of aromatic nitrogens is 2. The van der Waals surface area contributed by atoms with E-state index >= 15 is 0 Å². The predicted octanol–water partition coefficient (Wildman–Crippen LogP) is 3.94. The van der Waals surface area contributed by atoms with Crippen molar-refractivity contribution in [2.75, 3.05) is 18.0 Å². The van der Waals surface area contributed by atoms with Gasteiger partial charge in [-0.2, -0.15) is 0 Å². The lowest BCUT2D eigenvalue weighted by molar-refractivity contribution is -0.122. The summed E-state index contributed by atoms with van der Waals surface area (Å²) < 4.78 is 0. The van der Waals surface area contributed by atoms with Crippen LogP contribution in [0.4, 0.5) is 5.69 Å². The number of likely N-dealkylation sites (tertiary alicyclic amines) is 1. The topological polar surface area (TPSA) is 99.2 Å². The maximum Gasteiger partial charge on any atom is 0.230 e. The van der Waals surface area contributed by atoms with E-state index in [0.29, 0.717) is 36.4 Å². The number of amides is 1. The average molecular weight is 463 g/mol. The Morgan fingerprint density at radius 2 is 1.82 bits per heavy atom. The van der Waals surface area contributed by atoms with Crippen LogP contribution in [-0.2, 0) is 17.6 Å². The van der Waals surface area contributed by atoms with Crippen molar-refractivity contribution in [3.8, 4) is 0 Å². The van der Waals surface area contributed by atoms with Crippen LogP contribution in [0.2, 0.25) is 0 Å². The first-order chi connectivity index (χ1) is 16.4. The Labute approximate surface area is 203 Å². The number of para-hydroxylation sites is 1. The molecule has 182 valence electrons. The fourth-order valence-corrected chi connectivity index (χ4v) is 5.55. The Morgan fingerprint density at radius 1 is 1.09 bits per heavy atom. The van der Waals surface area contributed by atoms with Crippen LogP contribution in [0, 0.1) is 11.3 Å². The Balaban J connectivity index is 1.37. The van der Waals surface area contributed by atoms with Gasteiger partial charge in [0.1, 0.15) is 17.4 Å². The molecule has 3 atom stereocenters. The van der Waals surface area contributed by atoms with Gasteiger partial charge in [-0.3, -0.25) is 15.1 Å². The van der Waals surface area contributed by atoms with E-state index in [2.05, 4.69) is 40.8 Å². The van der Waals surface area contributed by atoms with E-state index in [0.717, 1.165) is 31.6 Å². The van der Waals surface area contributed by atoms with E-state index in [1.165, 1.54) is 31.2 Å². The zero-order valence-corrected chi connectivity index (χ0v) is 20.5. The number of anilines is 1. The summed E-state index contributed by atoms with van der Waals surface area (Å²) in [5, 5.41) is 7.63. The van der Waals surface area contributed by atoms with Crippen LogP contribution in [0.3, 0.4) is 0 Å². The molecule has 0 saturated carbocycles. The molecule has 1 saturated heterocycles. The van der Waals surface area contributed by atoms with Crippen molar-refractivity contribution in [2.45, 2.75) is 77.3 Å². The number of benzene rings is 1. The Kier molecular flexibility index (Phi) is 7.93. The highest BCUT2D eigenvalue weighted by Gasteiger charge is 2.33. The Morgan fingerprint density at radius 3 is 2.59 bits per heavy atom. The number of rotatable bonds is 9. The summed E-state index contributed by atoms with van der Waals surface area (Å²) in [7, 11) is 0. The molecule has 0 aliphatic carbocycles. The van der Waals surface area contributed by atoms with Crippen molar-refractivity contribution in [3.05, 3.63) is 53.6 Å². The van der Waals surface area contributed by atoms with Crippen molar-refractivity contribution in [2.24, 2.45) is 11.7 Å². The number of nitrogens with zero attached hydrogens (tertiary/aromatic N) is 4. The van der Waals surface area contributed by atoms with Crippen LogP contribution in [0.15, 0.2) is 36.5 Å². The van der Waals surface area contributed by atoms with Crippen molar-refractivity contribution >= 4 is 17.4 Å². The molecule has 1 fully saturated rings. The monoisotopic (exact) mass is 462 g/mol. The lowest BCUT2D eigenvalue weighted by Crippen LogP contribution is -2.44. The Hall–Kier alpha value is -2.80. The molecule has 1 amide bonds. The van der Waals surface area contributed by atoms with Gasteiger partial charge in [0, 0.05) is 42.9 Å². The van der Waals surface area contributed by atoms with Gasteiger partial charge in [-0.05, 0) is 70.2 Å². The molecule has 2 aromatic rings. The molecule has 2 aliphatic heterocycles. The molecular weight excluding hydrogens is 424 g/mol. The smallest absolute Gasteiger partial charge is 0.230 e. The third kappa shape index (κ3) is 5.63. The van der Waals surface area contributed by atoms with Gasteiger partial charge in [0.05, 0.1) is 0 Å². The summed E-state index contributed by atoms with van der Waals surface area (Å²) >= 11 is 0. The molecule has 7 heteroatoms. The molecule has 3 heterocycles. The number of carbonyl (C=O) groups excluding carboxylic acids is 1. The van der Waals surface area contributed by atoms with Gasteiger partial charge < -0.3 is 10.6 Å². The molecule has 0 spiro atoms.